The van der Waals surface area contributed by atoms with Crippen molar-refractivity contribution >= 4 is 21.9 Å². The summed E-state index contributed by atoms with van der Waals surface area (Å²) in [5.41, 5.74) is -0.235. The van der Waals surface area contributed by atoms with Crippen LogP contribution in [0.2, 0.25) is 0 Å². The van der Waals surface area contributed by atoms with E-state index < -0.39 is 11.6 Å². The van der Waals surface area contributed by atoms with Gasteiger partial charge in [-0.05, 0) is 39.0 Å². The first-order chi connectivity index (χ1) is 7.83. The lowest BCUT2D eigenvalue weighted by molar-refractivity contribution is -0.301. The Hall–Kier alpha value is -1.07. The van der Waals surface area contributed by atoms with Crippen LogP contribution in [0.4, 0.5) is 0 Å². The average molecular weight is 303 g/mol. The van der Waals surface area contributed by atoms with E-state index in [1.165, 1.54) is 7.11 Å². The molecule has 0 saturated heterocycles. The van der Waals surface area contributed by atoms with Crippen LogP contribution >= 0.6 is 15.9 Å². The standard InChI is InChI=1S/C12H15BrO4/c1-12(2,3)17-16-11(14)9-7-8(13)5-6-10(9)15-4/h5-7H,1-4H3. The van der Waals surface area contributed by atoms with Gasteiger partial charge in [-0.25, -0.2) is 4.79 Å². The zero-order chi connectivity index (χ0) is 13.1. The molecule has 17 heavy (non-hydrogen) atoms. The number of rotatable bonds is 3. The molecule has 1 aromatic rings. The van der Waals surface area contributed by atoms with Crippen LogP contribution in [0.25, 0.3) is 0 Å². The molecule has 0 aliphatic rings. The van der Waals surface area contributed by atoms with E-state index in [4.69, 9.17) is 14.5 Å². The van der Waals surface area contributed by atoms with Crippen LogP contribution in [-0.4, -0.2) is 18.7 Å². The Morgan fingerprint density at radius 3 is 2.47 bits per heavy atom. The van der Waals surface area contributed by atoms with Crippen LogP contribution < -0.4 is 4.74 Å². The predicted octanol–water partition coefficient (Wildman–Crippen LogP) is 3.34. The summed E-state index contributed by atoms with van der Waals surface area (Å²) >= 11 is 3.28. The first-order valence-electron chi connectivity index (χ1n) is 5.07. The van der Waals surface area contributed by atoms with Crippen molar-refractivity contribution in [3.63, 3.8) is 0 Å². The largest absolute Gasteiger partial charge is 0.496 e. The van der Waals surface area contributed by atoms with E-state index in [-0.39, 0.29) is 0 Å². The quantitative estimate of drug-likeness (QED) is 0.634. The number of hydrogen-bond donors (Lipinski definition) is 0. The fourth-order valence-corrected chi connectivity index (χ4v) is 1.41. The molecule has 0 amide bonds. The molecule has 1 aromatic carbocycles. The minimum absolute atomic E-state index is 0.311. The molecule has 4 nitrogen and oxygen atoms in total. The van der Waals surface area contributed by atoms with Gasteiger partial charge in [0.2, 0.25) is 0 Å². The molecule has 0 unspecified atom stereocenters. The van der Waals surface area contributed by atoms with E-state index in [2.05, 4.69) is 15.9 Å². The fraction of sp³-hybridized carbons (Fsp3) is 0.417. The van der Waals surface area contributed by atoms with Crippen molar-refractivity contribution in [3.05, 3.63) is 28.2 Å². The van der Waals surface area contributed by atoms with Crippen LogP contribution in [0, 0.1) is 0 Å². The van der Waals surface area contributed by atoms with E-state index in [1.807, 2.05) is 0 Å². The Labute approximate surface area is 109 Å². The molecule has 0 atom stereocenters. The summed E-state index contributed by atoms with van der Waals surface area (Å²) in [6, 6.07) is 5.07. The Kier molecular flexibility index (Phi) is 4.54. The minimum atomic E-state index is -0.585. The summed E-state index contributed by atoms with van der Waals surface area (Å²) in [7, 11) is 1.49. The maximum Gasteiger partial charge on any atom is 0.376 e. The summed E-state index contributed by atoms with van der Waals surface area (Å²) in [4.78, 5) is 21.5. The van der Waals surface area contributed by atoms with Gasteiger partial charge in [0.05, 0.1) is 7.11 Å². The molecule has 0 saturated carbocycles. The van der Waals surface area contributed by atoms with E-state index in [0.29, 0.717) is 11.3 Å². The molecule has 0 spiro atoms. The number of carbonyl (C=O) groups is 1. The van der Waals surface area contributed by atoms with Crippen molar-refractivity contribution < 1.29 is 19.3 Å². The van der Waals surface area contributed by atoms with Crippen molar-refractivity contribution in [1.29, 1.82) is 0 Å². The van der Waals surface area contributed by atoms with Gasteiger partial charge in [-0.15, -0.1) is 0 Å². The molecule has 5 heteroatoms. The van der Waals surface area contributed by atoms with Gasteiger partial charge in [0, 0.05) is 4.47 Å². The van der Waals surface area contributed by atoms with Crippen LogP contribution in [0.3, 0.4) is 0 Å². The first-order valence-corrected chi connectivity index (χ1v) is 5.86. The third-order valence-electron chi connectivity index (χ3n) is 1.75. The maximum atomic E-state index is 11.8. The van der Waals surface area contributed by atoms with Crippen molar-refractivity contribution in [2.45, 2.75) is 26.4 Å². The smallest absolute Gasteiger partial charge is 0.376 e. The molecule has 94 valence electrons. The Morgan fingerprint density at radius 1 is 1.29 bits per heavy atom. The molecular formula is C12H15BrO4. The van der Waals surface area contributed by atoms with Gasteiger partial charge in [0.25, 0.3) is 0 Å². The molecule has 0 fully saturated rings. The van der Waals surface area contributed by atoms with E-state index >= 15 is 0 Å². The number of ether oxygens (including phenoxy) is 1. The van der Waals surface area contributed by atoms with Crippen molar-refractivity contribution in [2.24, 2.45) is 0 Å². The number of hydrogen-bond acceptors (Lipinski definition) is 4. The lowest BCUT2D eigenvalue weighted by atomic mass is 10.2. The molecule has 0 aromatic heterocycles. The maximum absolute atomic E-state index is 11.8. The zero-order valence-electron chi connectivity index (χ0n) is 10.2. The minimum Gasteiger partial charge on any atom is -0.496 e. The topological polar surface area (TPSA) is 44.8 Å². The number of methoxy groups -OCH3 is 1. The highest BCUT2D eigenvalue weighted by Gasteiger charge is 2.19. The van der Waals surface area contributed by atoms with Gasteiger partial charge in [0.15, 0.2) is 0 Å². The summed E-state index contributed by atoms with van der Waals surface area (Å²) in [5, 5.41) is 0. The van der Waals surface area contributed by atoms with E-state index in [0.717, 1.165) is 4.47 Å². The summed E-state index contributed by atoms with van der Waals surface area (Å²) in [6.07, 6.45) is 0. The molecule has 0 aliphatic heterocycles. The summed E-state index contributed by atoms with van der Waals surface area (Å²) < 4.78 is 5.84. The number of carbonyl (C=O) groups excluding carboxylic acids is 1. The third-order valence-corrected chi connectivity index (χ3v) is 2.24. The molecule has 0 N–H and O–H groups in total. The summed E-state index contributed by atoms with van der Waals surface area (Å²) in [5.74, 6) is -0.145. The van der Waals surface area contributed by atoms with Gasteiger partial charge in [-0.2, -0.15) is 4.89 Å². The van der Waals surface area contributed by atoms with Gasteiger partial charge in [-0.1, -0.05) is 15.9 Å². The molecule has 0 aliphatic carbocycles. The lowest BCUT2D eigenvalue weighted by Gasteiger charge is -2.17. The Balaban J connectivity index is 2.84. The summed E-state index contributed by atoms with van der Waals surface area (Å²) in [6.45, 7) is 5.37. The normalized spacial score (nSPS) is 11.1. The first kappa shape index (κ1) is 14.0. The van der Waals surface area contributed by atoms with E-state index in [9.17, 15) is 4.79 Å². The van der Waals surface area contributed by atoms with Crippen molar-refractivity contribution in [3.8, 4) is 5.75 Å². The number of benzene rings is 1. The Bertz CT molecular complexity index is 409. The monoisotopic (exact) mass is 302 g/mol. The third kappa shape index (κ3) is 4.36. The molecular weight excluding hydrogens is 288 g/mol. The predicted molar refractivity (Wildman–Crippen MR) is 66.9 cm³/mol. The highest BCUT2D eigenvalue weighted by molar-refractivity contribution is 9.10. The Morgan fingerprint density at radius 2 is 1.94 bits per heavy atom. The second-order valence-corrected chi connectivity index (χ2v) is 5.33. The second-order valence-electron chi connectivity index (χ2n) is 4.41. The van der Waals surface area contributed by atoms with Gasteiger partial charge in [0.1, 0.15) is 16.9 Å². The van der Waals surface area contributed by atoms with Crippen LogP contribution in [0.1, 0.15) is 31.1 Å². The van der Waals surface area contributed by atoms with Crippen LogP contribution in [0.15, 0.2) is 22.7 Å². The molecule has 0 radical (unpaired) electrons. The average Bonchev–Trinajstić information content (AvgIpc) is 2.25. The van der Waals surface area contributed by atoms with Crippen molar-refractivity contribution in [1.82, 2.24) is 0 Å². The SMILES string of the molecule is COc1ccc(Br)cc1C(=O)OOC(C)(C)C. The number of halogens is 1. The van der Waals surface area contributed by atoms with Gasteiger partial charge >= 0.3 is 5.97 Å². The fourth-order valence-electron chi connectivity index (χ4n) is 1.05. The van der Waals surface area contributed by atoms with Crippen LogP contribution in [0.5, 0.6) is 5.75 Å². The van der Waals surface area contributed by atoms with E-state index in [1.54, 1.807) is 39.0 Å². The molecule has 0 heterocycles. The lowest BCUT2D eigenvalue weighted by Crippen LogP contribution is -2.22. The van der Waals surface area contributed by atoms with Gasteiger partial charge < -0.3 is 4.74 Å². The van der Waals surface area contributed by atoms with Crippen LogP contribution in [-0.2, 0) is 9.78 Å². The molecule has 1 rings (SSSR count). The molecule has 0 bridgehead atoms. The highest BCUT2D eigenvalue weighted by atomic mass is 79.9. The van der Waals surface area contributed by atoms with Gasteiger partial charge in [-0.3, -0.25) is 4.89 Å². The second kappa shape index (κ2) is 5.51. The zero-order valence-corrected chi connectivity index (χ0v) is 11.8. The highest BCUT2D eigenvalue weighted by Crippen LogP contribution is 2.24. The van der Waals surface area contributed by atoms with Crippen molar-refractivity contribution in [2.75, 3.05) is 7.11 Å².